The molecule has 8 nitrogen and oxygen atoms in total. The molecule has 2 aromatic rings. The molecule has 2 N–H and O–H groups in total. The van der Waals surface area contributed by atoms with E-state index in [2.05, 4.69) is 45.5 Å². The molecule has 1 aliphatic rings. The summed E-state index contributed by atoms with van der Waals surface area (Å²) in [7, 11) is 2.16. The van der Waals surface area contributed by atoms with Crippen molar-refractivity contribution in [3.63, 3.8) is 0 Å². The lowest BCUT2D eigenvalue weighted by Gasteiger charge is -2.33. The molecule has 2 aromatic heterocycles. The van der Waals surface area contributed by atoms with E-state index in [1.165, 1.54) is 0 Å². The fourth-order valence-corrected chi connectivity index (χ4v) is 3.23. The molecule has 3 heterocycles. The van der Waals surface area contributed by atoms with Gasteiger partial charge in [0.05, 0.1) is 12.8 Å². The highest BCUT2D eigenvalue weighted by Gasteiger charge is 2.15. The van der Waals surface area contributed by atoms with Crippen LogP contribution in [0.4, 0.5) is 5.82 Å². The monoisotopic (exact) mass is 542 g/mol. The van der Waals surface area contributed by atoms with Crippen LogP contribution in [0.15, 0.2) is 46.1 Å². The Balaban J connectivity index is 0.00000341. The summed E-state index contributed by atoms with van der Waals surface area (Å²) in [6.07, 6.45) is 4.44. The molecular weight excluding hydrogens is 507 g/mol. The molecular formula is C22H35IN6O2. The predicted octanol–water partition coefficient (Wildman–Crippen LogP) is 2.71. The van der Waals surface area contributed by atoms with Crippen LogP contribution in [-0.4, -0.2) is 68.8 Å². The highest BCUT2D eigenvalue weighted by atomic mass is 127. The van der Waals surface area contributed by atoms with Crippen molar-refractivity contribution in [1.29, 1.82) is 0 Å². The lowest BCUT2D eigenvalue weighted by molar-refractivity contribution is 0.105. The van der Waals surface area contributed by atoms with Gasteiger partial charge in [0.15, 0.2) is 5.96 Å². The molecule has 0 bridgehead atoms. The van der Waals surface area contributed by atoms with Gasteiger partial charge in [-0.25, -0.2) is 9.98 Å². The molecule has 172 valence electrons. The van der Waals surface area contributed by atoms with Crippen molar-refractivity contribution in [2.75, 3.05) is 57.8 Å². The van der Waals surface area contributed by atoms with Gasteiger partial charge < -0.3 is 29.6 Å². The Labute approximate surface area is 202 Å². The standard InChI is InChI=1S/C22H34N6O2.HI/c1-3-23-22(25-8-5-14-29-18-20-6-4-15-30-20)26-17-19-7-9-24-21(16-19)28-12-10-27(2)11-13-28;/h4,6-7,9,15-16H,3,5,8,10-14,17-18H2,1-2H3,(H2,23,25,26);1H. The molecule has 31 heavy (non-hydrogen) atoms. The van der Waals surface area contributed by atoms with E-state index in [0.29, 0.717) is 19.8 Å². The summed E-state index contributed by atoms with van der Waals surface area (Å²) in [6.45, 7) is 9.68. The molecule has 0 aromatic carbocycles. The third-order valence-electron chi connectivity index (χ3n) is 4.98. The molecule has 0 aliphatic carbocycles. The van der Waals surface area contributed by atoms with Crippen LogP contribution in [0.5, 0.6) is 0 Å². The first-order valence-electron chi connectivity index (χ1n) is 10.8. The number of ether oxygens (including phenoxy) is 1. The van der Waals surface area contributed by atoms with Gasteiger partial charge in [0.1, 0.15) is 18.2 Å². The Morgan fingerprint density at radius 3 is 2.81 bits per heavy atom. The van der Waals surface area contributed by atoms with E-state index in [0.717, 1.165) is 68.8 Å². The van der Waals surface area contributed by atoms with Crippen molar-refractivity contribution in [1.82, 2.24) is 20.5 Å². The quantitative estimate of drug-likeness (QED) is 0.207. The van der Waals surface area contributed by atoms with E-state index in [1.54, 1.807) is 6.26 Å². The maximum atomic E-state index is 5.62. The normalized spacial score (nSPS) is 14.9. The van der Waals surface area contributed by atoms with Crippen molar-refractivity contribution in [3.8, 4) is 0 Å². The number of nitrogens with zero attached hydrogens (tertiary/aromatic N) is 4. The van der Waals surface area contributed by atoms with Gasteiger partial charge in [0.25, 0.3) is 0 Å². The van der Waals surface area contributed by atoms with Crippen LogP contribution in [0.25, 0.3) is 0 Å². The number of halogens is 1. The second kappa shape index (κ2) is 14.3. The first-order chi connectivity index (χ1) is 14.7. The molecule has 9 heteroatoms. The average Bonchev–Trinajstić information content (AvgIpc) is 3.28. The summed E-state index contributed by atoms with van der Waals surface area (Å²) >= 11 is 0. The molecule has 1 aliphatic heterocycles. The van der Waals surface area contributed by atoms with Crippen LogP contribution in [0.3, 0.4) is 0 Å². The molecule has 1 saturated heterocycles. The van der Waals surface area contributed by atoms with Crippen LogP contribution in [0.1, 0.15) is 24.7 Å². The largest absolute Gasteiger partial charge is 0.467 e. The highest BCUT2D eigenvalue weighted by Crippen LogP contribution is 2.15. The van der Waals surface area contributed by atoms with Crippen LogP contribution >= 0.6 is 24.0 Å². The molecule has 0 unspecified atom stereocenters. The first-order valence-corrected chi connectivity index (χ1v) is 10.8. The van der Waals surface area contributed by atoms with Crippen molar-refractivity contribution in [2.24, 2.45) is 4.99 Å². The minimum Gasteiger partial charge on any atom is -0.467 e. The first kappa shape index (κ1) is 25.4. The molecule has 0 radical (unpaired) electrons. The molecule has 0 amide bonds. The van der Waals surface area contributed by atoms with E-state index in [1.807, 2.05) is 24.4 Å². The fourth-order valence-electron chi connectivity index (χ4n) is 3.23. The van der Waals surface area contributed by atoms with Crippen molar-refractivity contribution in [2.45, 2.75) is 26.5 Å². The van der Waals surface area contributed by atoms with E-state index >= 15 is 0 Å². The van der Waals surface area contributed by atoms with E-state index < -0.39 is 0 Å². The number of aromatic nitrogens is 1. The number of guanidine groups is 1. The minimum atomic E-state index is 0. The summed E-state index contributed by atoms with van der Waals surface area (Å²) in [5, 5.41) is 6.67. The zero-order valence-corrected chi connectivity index (χ0v) is 20.9. The second-order valence-corrected chi connectivity index (χ2v) is 7.42. The SMILES string of the molecule is CCNC(=NCc1ccnc(N2CCN(C)CC2)c1)NCCCOCc1ccco1.I. The van der Waals surface area contributed by atoms with Gasteiger partial charge in [0, 0.05) is 52.1 Å². The Morgan fingerprint density at radius 2 is 2.06 bits per heavy atom. The van der Waals surface area contributed by atoms with Gasteiger partial charge in [-0.1, -0.05) is 0 Å². The maximum absolute atomic E-state index is 5.62. The summed E-state index contributed by atoms with van der Waals surface area (Å²) in [6, 6.07) is 7.98. The Hall–Kier alpha value is -1.85. The number of hydrogen-bond acceptors (Lipinski definition) is 6. The highest BCUT2D eigenvalue weighted by molar-refractivity contribution is 14.0. The van der Waals surface area contributed by atoms with Crippen LogP contribution in [0.2, 0.25) is 0 Å². The lowest BCUT2D eigenvalue weighted by Crippen LogP contribution is -2.44. The van der Waals surface area contributed by atoms with Crippen LogP contribution in [0, 0.1) is 0 Å². The van der Waals surface area contributed by atoms with Gasteiger partial charge in [-0.3, -0.25) is 0 Å². The summed E-state index contributed by atoms with van der Waals surface area (Å²) < 4.78 is 10.9. The van der Waals surface area contributed by atoms with Crippen molar-refractivity contribution < 1.29 is 9.15 Å². The Kier molecular flexibility index (Phi) is 11.7. The Bertz CT molecular complexity index is 763. The average molecular weight is 542 g/mol. The maximum Gasteiger partial charge on any atom is 0.191 e. The minimum absolute atomic E-state index is 0. The van der Waals surface area contributed by atoms with Crippen LogP contribution in [-0.2, 0) is 17.9 Å². The molecule has 0 atom stereocenters. The van der Waals surface area contributed by atoms with Gasteiger partial charge >= 0.3 is 0 Å². The summed E-state index contributed by atoms with van der Waals surface area (Å²) in [5.74, 6) is 2.72. The van der Waals surface area contributed by atoms with Crippen molar-refractivity contribution >= 4 is 35.8 Å². The molecule has 0 spiro atoms. The Morgan fingerprint density at radius 1 is 1.23 bits per heavy atom. The number of piperazine rings is 1. The van der Waals surface area contributed by atoms with Gasteiger partial charge in [-0.05, 0) is 50.2 Å². The zero-order valence-electron chi connectivity index (χ0n) is 18.5. The number of likely N-dealkylation sites (N-methyl/N-ethyl adjacent to an activating group) is 1. The number of anilines is 1. The number of aliphatic imine (C=N–C) groups is 1. The van der Waals surface area contributed by atoms with E-state index in [4.69, 9.17) is 14.1 Å². The molecule has 0 saturated carbocycles. The fraction of sp³-hybridized carbons (Fsp3) is 0.545. The van der Waals surface area contributed by atoms with Crippen LogP contribution < -0.4 is 15.5 Å². The number of pyridine rings is 1. The number of nitrogens with one attached hydrogen (secondary N) is 2. The number of hydrogen-bond donors (Lipinski definition) is 2. The molecule has 3 rings (SSSR count). The van der Waals surface area contributed by atoms with Crippen molar-refractivity contribution in [3.05, 3.63) is 48.0 Å². The molecule has 1 fully saturated rings. The van der Waals surface area contributed by atoms with E-state index in [9.17, 15) is 0 Å². The smallest absolute Gasteiger partial charge is 0.191 e. The summed E-state index contributed by atoms with van der Waals surface area (Å²) in [4.78, 5) is 14.0. The zero-order chi connectivity index (χ0) is 21.0. The topological polar surface area (TPSA) is 78.2 Å². The predicted molar refractivity (Wildman–Crippen MR) is 135 cm³/mol. The van der Waals surface area contributed by atoms with Gasteiger partial charge in [0.2, 0.25) is 0 Å². The van der Waals surface area contributed by atoms with Gasteiger partial charge in [-0.2, -0.15) is 0 Å². The van der Waals surface area contributed by atoms with Gasteiger partial charge in [-0.15, -0.1) is 24.0 Å². The third-order valence-corrected chi connectivity index (χ3v) is 4.98. The summed E-state index contributed by atoms with van der Waals surface area (Å²) in [5.41, 5.74) is 1.16. The third kappa shape index (κ3) is 9.04. The number of rotatable bonds is 10. The number of furan rings is 1. The second-order valence-electron chi connectivity index (χ2n) is 7.42. The van der Waals surface area contributed by atoms with E-state index in [-0.39, 0.29) is 24.0 Å². The lowest BCUT2D eigenvalue weighted by atomic mass is 10.2.